The van der Waals surface area contributed by atoms with E-state index in [-0.39, 0.29) is 16.5 Å². The number of sulfonamides is 1. The molecule has 1 saturated heterocycles. The molecule has 0 amide bonds. The van der Waals surface area contributed by atoms with Crippen LogP contribution in [0.5, 0.6) is 0 Å². The molecule has 7 nitrogen and oxygen atoms in total. The van der Waals surface area contributed by atoms with Gasteiger partial charge in [-0.2, -0.15) is 8.42 Å². The predicted octanol–water partition coefficient (Wildman–Crippen LogP) is 2.22. The minimum Gasteiger partial charge on any atom is -0.345 e. The van der Waals surface area contributed by atoms with Crippen LogP contribution in [0.25, 0.3) is 10.9 Å². The third-order valence-electron chi connectivity index (χ3n) is 5.45. The van der Waals surface area contributed by atoms with Crippen molar-refractivity contribution in [2.75, 3.05) is 6.54 Å². The summed E-state index contributed by atoms with van der Waals surface area (Å²) in [5, 5.41) is 0.574. The monoisotopic (exact) mass is 394 g/mol. The zero-order valence-electron chi connectivity index (χ0n) is 15.2. The predicted molar refractivity (Wildman–Crippen MR) is 106 cm³/mol. The zero-order valence-corrected chi connectivity index (χ0v) is 16.1. The molecule has 8 heteroatoms. The number of amidine groups is 1. The van der Waals surface area contributed by atoms with E-state index >= 15 is 0 Å². The largest absolute Gasteiger partial charge is 0.345 e. The summed E-state index contributed by atoms with van der Waals surface area (Å²) in [6, 6.07) is 13.9. The van der Waals surface area contributed by atoms with Crippen LogP contribution in [0.4, 0.5) is 0 Å². The van der Waals surface area contributed by atoms with E-state index in [0.717, 1.165) is 12.8 Å². The highest BCUT2D eigenvalue weighted by molar-refractivity contribution is 7.90. The maximum Gasteiger partial charge on any atom is 0.285 e. The van der Waals surface area contributed by atoms with Crippen molar-refractivity contribution in [2.24, 2.45) is 11.4 Å². The first-order chi connectivity index (χ1) is 13.5. The molecule has 0 radical (unpaired) electrons. The molecule has 2 aromatic carbocycles. The molecule has 1 atom stereocenters. The summed E-state index contributed by atoms with van der Waals surface area (Å²) in [6.07, 6.45) is 1.65. The van der Waals surface area contributed by atoms with Crippen molar-refractivity contribution in [3.05, 3.63) is 70.3 Å². The molecule has 0 bridgehead atoms. The molecule has 0 N–H and O–H groups in total. The first-order valence-corrected chi connectivity index (χ1v) is 10.6. The Balaban J connectivity index is 1.66. The van der Waals surface area contributed by atoms with Crippen LogP contribution in [-0.4, -0.2) is 35.2 Å². The number of likely N-dealkylation sites (tertiary alicyclic amines) is 1. The van der Waals surface area contributed by atoms with Gasteiger partial charge in [-0.25, -0.2) is 4.98 Å². The number of hydrogen-bond acceptors (Lipinski definition) is 5. The van der Waals surface area contributed by atoms with Gasteiger partial charge in [-0.1, -0.05) is 24.3 Å². The quantitative estimate of drug-likeness (QED) is 0.632. The lowest BCUT2D eigenvalue weighted by Crippen LogP contribution is -2.34. The van der Waals surface area contributed by atoms with Gasteiger partial charge >= 0.3 is 0 Å². The number of aromatic nitrogens is 2. The van der Waals surface area contributed by atoms with Crippen LogP contribution in [0.15, 0.2) is 62.6 Å². The third kappa shape index (κ3) is 2.41. The summed E-state index contributed by atoms with van der Waals surface area (Å²) in [5.41, 5.74) is 1.16. The molecule has 5 rings (SSSR count). The van der Waals surface area contributed by atoms with Crippen LogP contribution in [-0.2, 0) is 17.1 Å². The summed E-state index contributed by atoms with van der Waals surface area (Å²) < 4.78 is 30.6. The topological polar surface area (TPSA) is 84.6 Å². The molecule has 2 aliphatic heterocycles. The van der Waals surface area contributed by atoms with Crippen molar-refractivity contribution < 1.29 is 8.42 Å². The maximum absolute atomic E-state index is 12.8. The normalized spacial score (nSPS) is 20.4. The smallest absolute Gasteiger partial charge is 0.285 e. The Morgan fingerprint density at radius 3 is 2.68 bits per heavy atom. The van der Waals surface area contributed by atoms with Gasteiger partial charge in [0.05, 0.1) is 16.9 Å². The van der Waals surface area contributed by atoms with Crippen molar-refractivity contribution in [1.82, 2.24) is 14.5 Å². The maximum atomic E-state index is 12.8. The summed E-state index contributed by atoms with van der Waals surface area (Å²) >= 11 is 0. The first-order valence-electron chi connectivity index (χ1n) is 9.14. The van der Waals surface area contributed by atoms with Crippen LogP contribution in [0.1, 0.15) is 30.3 Å². The average Bonchev–Trinajstić information content (AvgIpc) is 3.27. The number of benzene rings is 2. The Hall–Kier alpha value is -3.00. The second-order valence-corrected chi connectivity index (χ2v) is 8.66. The minimum absolute atomic E-state index is 0.103. The third-order valence-corrected chi connectivity index (χ3v) is 6.78. The minimum atomic E-state index is -3.69. The second-order valence-electron chi connectivity index (χ2n) is 7.09. The molecule has 3 aromatic rings. The van der Waals surface area contributed by atoms with E-state index in [1.54, 1.807) is 35.9 Å². The van der Waals surface area contributed by atoms with E-state index in [9.17, 15) is 13.2 Å². The number of fused-ring (bicyclic) bond motifs is 2. The SMILES string of the molecule is Cn1c(C2CCCN2C2=NS(=O)(=O)c3ccccc32)nc2ccccc2c1=O. The van der Waals surface area contributed by atoms with Crippen LogP contribution < -0.4 is 5.56 Å². The Morgan fingerprint density at radius 2 is 1.82 bits per heavy atom. The summed E-state index contributed by atoms with van der Waals surface area (Å²) in [5.74, 6) is 1.08. The Morgan fingerprint density at radius 1 is 1.07 bits per heavy atom. The number of nitrogens with zero attached hydrogens (tertiary/aromatic N) is 4. The molecular formula is C20H18N4O3S. The van der Waals surface area contributed by atoms with E-state index in [1.165, 1.54) is 0 Å². The number of para-hydroxylation sites is 1. The molecule has 1 fully saturated rings. The fourth-order valence-electron chi connectivity index (χ4n) is 4.12. The van der Waals surface area contributed by atoms with Crippen LogP contribution in [0.3, 0.4) is 0 Å². The van der Waals surface area contributed by atoms with E-state index in [1.807, 2.05) is 29.2 Å². The van der Waals surface area contributed by atoms with Gasteiger partial charge in [0.15, 0.2) is 5.84 Å². The Bertz CT molecular complexity index is 1310. The molecule has 0 aliphatic carbocycles. The second kappa shape index (κ2) is 6.00. The highest BCUT2D eigenvalue weighted by atomic mass is 32.2. The first kappa shape index (κ1) is 17.1. The molecule has 3 heterocycles. The molecule has 0 saturated carbocycles. The highest BCUT2D eigenvalue weighted by Crippen LogP contribution is 2.36. The highest BCUT2D eigenvalue weighted by Gasteiger charge is 2.38. The standard InChI is InChI=1S/C20H18N4O3S/c1-23-19(21-15-9-4-2-7-13(15)20(23)25)16-10-6-12-24(16)18-14-8-3-5-11-17(14)28(26,27)22-18/h2-5,7-9,11,16H,6,10,12H2,1H3. The summed E-state index contributed by atoms with van der Waals surface area (Å²) in [4.78, 5) is 19.8. The fourth-order valence-corrected chi connectivity index (χ4v) is 5.33. The Kier molecular flexibility index (Phi) is 3.67. The van der Waals surface area contributed by atoms with E-state index in [0.29, 0.717) is 34.7 Å². The molecule has 0 spiro atoms. The van der Waals surface area contributed by atoms with Gasteiger partial charge < -0.3 is 4.90 Å². The van der Waals surface area contributed by atoms with Gasteiger partial charge in [0.1, 0.15) is 10.7 Å². The van der Waals surface area contributed by atoms with Gasteiger partial charge in [0.2, 0.25) is 0 Å². The number of rotatable bonds is 1. The van der Waals surface area contributed by atoms with Gasteiger partial charge in [-0.3, -0.25) is 9.36 Å². The molecule has 142 valence electrons. The molecule has 1 unspecified atom stereocenters. The zero-order chi connectivity index (χ0) is 19.5. The van der Waals surface area contributed by atoms with Crippen molar-refractivity contribution in [3.63, 3.8) is 0 Å². The van der Waals surface area contributed by atoms with Crippen molar-refractivity contribution in [1.29, 1.82) is 0 Å². The lowest BCUT2D eigenvalue weighted by atomic mass is 10.1. The fraction of sp³-hybridized carbons (Fsp3) is 0.250. The van der Waals surface area contributed by atoms with E-state index in [2.05, 4.69) is 4.40 Å². The van der Waals surface area contributed by atoms with Gasteiger partial charge in [-0.05, 0) is 37.1 Å². The Labute approximate surface area is 162 Å². The number of hydrogen-bond donors (Lipinski definition) is 0. The lowest BCUT2D eigenvalue weighted by Gasteiger charge is -2.27. The van der Waals surface area contributed by atoms with Gasteiger partial charge in [0, 0.05) is 19.2 Å². The van der Waals surface area contributed by atoms with Crippen molar-refractivity contribution in [2.45, 2.75) is 23.8 Å². The summed E-state index contributed by atoms with van der Waals surface area (Å²) in [7, 11) is -1.98. The van der Waals surface area contributed by atoms with Crippen molar-refractivity contribution >= 4 is 26.8 Å². The molecule has 2 aliphatic rings. The van der Waals surface area contributed by atoms with E-state index < -0.39 is 10.0 Å². The lowest BCUT2D eigenvalue weighted by molar-refractivity contribution is 0.374. The molecule has 28 heavy (non-hydrogen) atoms. The summed E-state index contributed by atoms with van der Waals surface area (Å²) in [6.45, 7) is 0.663. The van der Waals surface area contributed by atoms with E-state index in [4.69, 9.17) is 4.98 Å². The van der Waals surface area contributed by atoms with Crippen LogP contribution in [0, 0.1) is 0 Å². The van der Waals surface area contributed by atoms with Gasteiger partial charge in [0.25, 0.3) is 15.6 Å². The van der Waals surface area contributed by atoms with Crippen LogP contribution >= 0.6 is 0 Å². The molecule has 1 aromatic heterocycles. The molecular weight excluding hydrogens is 376 g/mol. The van der Waals surface area contributed by atoms with Crippen molar-refractivity contribution in [3.8, 4) is 0 Å². The van der Waals surface area contributed by atoms with Crippen LogP contribution in [0.2, 0.25) is 0 Å². The van der Waals surface area contributed by atoms with Gasteiger partial charge in [-0.15, -0.1) is 4.40 Å². The average molecular weight is 394 g/mol.